The summed E-state index contributed by atoms with van der Waals surface area (Å²) in [5.74, 6) is 0.477. The van der Waals surface area contributed by atoms with Crippen molar-refractivity contribution >= 4 is 17.3 Å². The molecular formula is C15H23ClN2. The summed E-state index contributed by atoms with van der Waals surface area (Å²) in [5.41, 5.74) is 8.40. The zero-order valence-corrected chi connectivity index (χ0v) is 11.9. The van der Waals surface area contributed by atoms with E-state index >= 15 is 0 Å². The molecule has 1 unspecified atom stereocenters. The molecule has 1 aromatic rings. The van der Waals surface area contributed by atoms with Crippen LogP contribution < -0.4 is 10.6 Å². The van der Waals surface area contributed by atoms with Gasteiger partial charge in [0, 0.05) is 23.8 Å². The summed E-state index contributed by atoms with van der Waals surface area (Å²) in [6.45, 7) is 5.31. The highest BCUT2D eigenvalue weighted by Crippen LogP contribution is 2.33. The van der Waals surface area contributed by atoms with Gasteiger partial charge in [-0.2, -0.15) is 0 Å². The SMILES string of the molecule is CC(CCN)c1cc(Cl)ccc1N1CCCCC1. The van der Waals surface area contributed by atoms with Crippen LogP contribution in [0.3, 0.4) is 0 Å². The van der Waals surface area contributed by atoms with Crippen LogP contribution in [0, 0.1) is 0 Å². The standard InChI is InChI=1S/C15H23ClN2/c1-12(7-8-17)14-11-13(16)5-6-15(14)18-9-3-2-4-10-18/h5-6,11-12H,2-4,7-10,17H2,1H3. The van der Waals surface area contributed by atoms with E-state index in [1.165, 1.54) is 43.6 Å². The van der Waals surface area contributed by atoms with Gasteiger partial charge in [0.1, 0.15) is 0 Å². The van der Waals surface area contributed by atoms with Crippen LogP contribution in [-0.2, 0) is 0 Å². The quantitative estimate of drug-likeness (QED) is 0.899. The lowest BCUT2D eigenvalue weighted by atomic mass is 9.94. The van der Waals surface area contributed by atoms with Gasteiger partial charge >= 0.3 is 0 Å². The second-order valence-corrected chi connectivity index (χ2v) is 5.67. The molecule has 1 aliphatic rings. The fraction of sp³-hybridized carbons (Fsp3) is 0.600. The second kappa shape index (κ2) is 6.44. The molecule has 1 saturated heterocycles. The van der Waals surface area contributed by atoms with Gasteiger partial charge in [-0.05, 0) is 61.9 Å². The van der Waals surface area contributed by atoms with Crippen LogP contribution in [0.4, 0.5) is 5.69 Å². The fourth-order valence-corrected chi connectivity index (χ4v) is 2.93. The summed E-state index contributed by atoms with van der Waals surface area (Å²) in [6, 6.07) is 6.30. The van der Waals surface area contributed by atoms with Gasteiger partial charge in [-0.1, -0.05) is 18.5 Å². The van der Waals surface area contributed by atoms with E-state index in [0.29, 0.717) is 5.92 Å². The Morgan fingerprint density at radius 3 is 2.67 bits per heavy atom. The maximum atomic E-state index is 6.15. The van der Waals surface area contributed by atoms with E-state index in [-0.39, 0.29) is 0 Å². The molecule has 3 heteroatoms. The van der Waals surface area contributed by atoms with Crippen LogP contribution in [0.15, 0.2) is 18.2 Å². The van der Waals surface area contributed by atoms with Crippen molar-refractivity contribution in [3.8, 4) is 0 Å². The first-order chi connectivity index (χ1) is 8.72. The third-order valence-electron chi connectivity index (χ3n) is 3.82. The van der Waals surface area contributed by atoms with Gasteiger partial charge in [0.05, 0.1) is 0 Å². The maximum absolute atomic E-state index is 6.15. The van der Waals surface area contributed by atoms with Crippen LogP contribution in [0.2, 0.25) is 5.02 Å². The predicted molar refractivity (Wildman–Crippen MR) is 79.6 cm³/mol. The molecule has 1 aromatic carbocycles. The first-order valence-electron chi connectivity index (χ1n) is 6.97. The topological polar surface area (TPSA) is 29.3 Å². The van der Waals surface area contributed by atoms with Gasteiger partial charge in [0.2, 0.25) is 0 Å². The lowest BCUT2D eigenvalue weighted by Crippen LogP contribution is -2.30. The summed E-state index contributed by atoms with van der Waals surface area (Å²) in [7, 11) is 0. The zero-order valence-electron chi connectivity index (χ0n) is 11.2. The number of nitrogens with zero attached hydrogens (tertiary/aromatic N) is 1. The maximum Gasteiger partial charge on any atom is 0.0410 e. The molecule has 2 N–H and O–H groups in total. The Hall–Kier alpha value is -0.730. The van der Waals surface area contributed by atoms with Crippen molar-refractivity contribution in [3.63, 3.8) is 0 Å². The number of piperidine rings is 1. The lowest BCUT2D eigenvalue weighted by Gasteiger charge is -2.32. The van der Waals surface area contributed by atoms with Gasteiger partial charge in [0.15, 0.2) is 0 Å². The largest absolute Gasteiger partial charge is 0.371 e. The molecule has 1 atom stereocenters. The molecule has 0 saturated carbocycles. The van der Waals surface area contributed by atoms with Crippen molar-refractivity contribution in [3.05, 3.63) is 28.8 Å². The number of halogens is 1. The number of nitrogens with two attached hydrogens (primary N) is 1. The minimum atomic E-state index is 0.477. The van der Waals surface area contributed by atoms with E-state index in [9.17, 15) is 0 Å². The third-order valence-corrected chi connectivity index (χ3v) is 4.05. The number of hydrogen-bond donors (Lipinski definition) is 1. The fourth-order valence-electron chi connectivity index (χ4n) is 2.75. The summed E-state index contributed by atoms with van der Waals surface area (Å²) in [6.07, 6.45) is 4.97. The van der Waals surface area contributed by atoms with E-state index in [4.69, 9.17) is 17.3 Å². The average Bonchev–Trinajstić information content (AvgIpc) is 2.40. The monoisotopic (exact) mass is 266 g/mol. The van der Waals surface area contributed by atoms with E-state index in [0.717, 1.165) is 18.0 Å². The zero-order chi connectivity index (χ0) is 13.0. The molecule has 0 aromatic heterocycles. The van der Waals surface area contributed by atoms with E-state index in [2.05, 4.69) is 24.0 Å². The van der Waals surface area contributed by atoms with Gasteiger partial charge in [-0.3, -0.25) is 0 Å². The smallest absolute Gasteiger partial charge is 0.0410 e. The molecule has 18 heavy (non-hydrogen) atoms. The Morgan fingerprint density at radius 1 is 1.28 bits per heavy atom. The average molecular weight is 267 g/mol. The summed E-state index contributed by atoms with van der Waals surface area (Å²) in [5, 5.41) is 0.828. The first-order valence-corrected chi connectivity index (χ1v) is 7.34. The summed E-state index contributed by atoms with van der Waals surface area (Å²) < 4.78 is 0. The van der Waals surface area contributed by atoms with Gasteiger partial charge in [0.25, 0.3) is 0 Å². The molecule has 1 aliphatic heterocycles. The molecule has 0 radical (unpaired) electrons. The number of hydrogen-bond acceptors (Lipinski definition) is 2. The van der Waals surface area contributed by atoms with E-state index in [1.807, 2.05) is 6.07 Å². The highest BCUT2D eigenvalue weighted by atomic mass is 35.5. The number of benzene rings is 1. The molecule has 0 spiro atoms. The van der Waals surface area contributed by atoms with Crippen molar-refractivity contribution in [1.29, 1.82) is 0 Å². The Balaban J connectivity index is 2.27. The highest BCUT2D eigenvalue weighted by molar-refractivity contribution is 6.30. The van der Waals surface area contributed by atoms with Crippen LogP contribution >= 0.6 is 11.6 Å². The lowest BCUT2D eigenvalue weighted by molar-refractivity contribution is 0.573. The predicted octanol–water partition coefficient (Wildman–Crippen LogP) is 3.78. The van der Waals surface area contributed by atoms with Crippen molar-refractivity contribution in [2.45, 2.75) is 38.5 Å². The molecule has 1 fully saturated rings. The molecule has 0 bridgehead atoms. The molecular weight excluding hydrogens is 244 g/mol. The van der Waals surface area contributed by atoms with Crippen molar-refractivity contribution in [2.24, 2.45) is 5.73 Å². The van der Waals surface area contributed by atoms with Crippen molar-refractivity contribution in [2.75, 3.05) is 24.5 Å². The Labute approximate surface area is 115 Å². The molecule has 2 nitrogen and oxygen atoms in total. The van der Waals surface area contributed by atoms with E-state index in [1.54, 1.807) is 0 Å². The van der Waals surface area contributed by atoms with Crippen molar-refractivity contribution in [1.82, 2.24) is 0 Å². The highest BCUT2D eigenvalue weighted by Gasteiger charge is 2.17. The van der Waals surface area contributed by atoms with Crippen LogP contribution in [0.5, 0.6) is 0 Å². The minimum absolute atomic E-state index is 0.477. The molecule has 100 valence electrons. The normalized spacial score (nSPS) is 17.8. The summed E-state index contributed by atoms with van der Waals surface area (Å²) >= 11 is 6.15. The molecule has 1 heterocycles. The first kappa shape index (κ1) is 13.7. The Kier molecular flexibility index (Phi) is 4.90. The Bertz CT molecular complexity index is 386. The van der Waals surface area contributed by atoms with E-state index < -0.39 is 0 Å². The number of anilines is 1. The third kappa shape index (κ3) is 3.18. The van der Waals surface area contributed by atoms with Crippen LogP contribution in [-0.4, -0.2) is 19.6 Å². The van der Waals surface area contributed by atoms with Gasteiger partial charge in [-0.15, -0.1) is 0 Å². The number of rotatable bonds is 4. The van der Waals surface area contributed by atoms with Gasteiger partial charge in [-0.25, -0.2) is 0 Å². The molecule has 2 rings (SSSR count). The van der Waals surface area contributed by atoms with Gasteiger partial charge < -0.3 is 10.6 Å². The summed E-state index contributed by atoms with van der Waals surface area (Å²) in [4.78, 5) is 2.50. The molecule has 0 amide bonds. The van der Waals surface area contributed by atoms with Crippen LogP contribution in [0.25, 0.3) is 0 Å². The molecule has 0 aliphatic carbocycles. The Morgan fingerprint density at radius 2 is 2.00 bits per heavy atom. The van der Waals surface area contributed by atoms with Crippen molar-refractivity contribution < 1.29 is 0 Å². The minimum Gasteiger partial charge on any atom is -0.371 e. The second-order valence-electron chi connectivity index (χ2n) is 5.23. The van der Waals surface area contributed by atoms with Crippen LogP contribution in [0.1, 0.15) is 44.1 Å².